The molecule has 0 aliphatic carbocycles. The van der Waals surface area contributed by atoms with Crippen LogP contribution in [0.2, 0.25) is 0 Å². The minimum Gasteiger partial charge on any atom is -1.00 e. The molecule has 2 aromatic rings. The van der Waals surface area contributed by atoms with Gasteiger partial charge in [0, 0.05) is 12.1 Å². The third-order valence-electron chi connectivity index (χ3n) is 2.50. The lowest BCUT2D eigenvalue weighted by molar-refractivity contribution is -0.685. The molecule has 3 nitrogen and oxygen atoms in total. The molecule has 1 heterocycles. The molecule has 1 aromatic carbocycles. The number of carboxylic acid groups (broad SMARTS) is 1. The Balaban J connectivity index is 0.00000180. The number of hydrogen-bond acceptors (Lipinski definition) is 1. The van der Waals surface area contributed by atoms with Crippen molar-refractivity contribution in [2.75, 3.05) is 0 Å². The Morgan fingerprint density at radius 1 is 1.00 bits per heavy atom. The smallest absolute Gasteiger partial charge is 0.370 e. The number of pyridine rings is 1. The van der Waals surface area contributed by atoms with Gasteiger partial charge in [0.1, 0.15) is 0 Å². The lowest BCUT2D eigenvalue weighted by Gasteiger charge is -1.94. The average molecular weight is 276 g/mol. The zero-order valence-electron chi connectivity index (χ0n) is 10.2. The van der Waals surface area contributed by atoms with Gasteiger partial charge in [0.2, 0.25) is 6.54 Å². The molecular weight excluding hydrogens is 262 g/mol. The highest BCUT2D eigenvalue weighted by atomic mass is 35.5. The van der Waals surface area contributed by atoms with Crippen LogP contribution in [-0.2, 0) is 11.3 Å². The van der Waals surface area contributed by atoms with Crippen LogP contribution in [0, 0.1) is 0 Å². The molecular formula is C15H14ClNO2. The van der Waals surface area contributed by atoms with E-state index >= 15 is 0 Å². The van der Waals surface area contributed by atoms with Gasteiger partial charge in [-0.25, -0.2) is 4.79 Å². The molecule has 0 aliphatic rings. The van der Waals surface area contributed by atoms with Gasteiger partial charge < -0.3 is 17.5 Å². The topological polar surface area (TPSA) is 41.2 Å². The molecule has 0 fully saturated rings. The first-order valence-electron chi connectivity index (χ1n) is 5.68. The minimum atomic E-state index is -0.840. The van der Waals surface area contributed by atoms with Crippen LogP contribution in [0.1, 0.15) is 11.1 Å². The van der Waals surface area contributed by atoms with Gasteiger partial charge in [-0.1, -0.05) is 42.5 Å². The Hall–Kier alpha value is -2.13. The standard InChI is InChI=1S/C15H13NO2.ClH/c17-15(18)12-16-10-8-14(9-11-16)7-6-13-4-2-1-3-5-13;/h1-11H,12H2;1H/b7-6-;. The molecule has 0 bridgehead atoms. The van der Waals surface area contributed by atoms with Crippen molar-refractivity contribution < 1.29 is 26.9 Å². The molecule has 0 saturated carbocycles. The second-order valence-corrected chi connectivity index (χ2v) is 3.94. The Kier molecular flexibility index (Phi) is 5.76. The van der Waals surface area contributed by atoms with Crippen molar-refractivity contribution in [1.29, 1.82) is 0 Å². The second-order valence-electron chi connectivity index (χ2n) is 3.94. The van der Waals surface area contributed by atoms with Gasteiger partial charge in [-0.2, -0.15) is 4.57 Å². The van der Waals surface area contributed by atoms with Crippen molar-refractivity contribution in [3.8, 4) is 0 Å². The van der Waals surface area contributed by atoms with E-state index in [4.69, 9.17) is 5.11 Å². The summed E-state index contributed by atoms with van der Waals surface area (Å²) in [7, 11) is 0. The number of nitrogens with zero attached hydrogens (tertiary/aromatic N) is 1. The summed E-state index contributed by atoms with van der Waals surface area (Å²) in [6, 6.07) is 13.8. The van der Waals surface area contributed by atoms with Gasteiger partial charge in [-0.05, 0) is 11.1 Å². The third kappa shape index (κ3) is 4.94. The molecule has 0 spiro atoms. The van der Waals surface area contributed by atoms with E-state index in [-0.39, 0.29) is 19.0 Å². The van der Waals surface area contributed by atoms with E-state index in [9.17, 15) is 4.79 Å². The highest BCUT2D eigenvalue weighted by Crippen LogP contribution is 2.06. The van der Waals surface area contributed by atoms with Crippen LogP contribution in [0.4, 0.5) is 0 Å². The van der Waals surface area contributed by atoms with E-state index < -0.39 is 5.97 Å². The zero-order valence-corrected chi connectivity index (χ0v) is 11.0. The summed E-state index contributed by atoms with van der Waals surface area (Å²) in [5.74, 6) is -0.840. The molecule has 1 N–H and O–H groups in total. The van der Waals surface area contributed by atoms with Crippen molar-refractivity contribution in [3.63, 3.8) is 0 Å². The minimum absolute atomic E-state index is 0. The van der Waals surface area contributed by atoms with E-state index in [1.165, 1.54) is 0 Å². The van der Waals surface area contributed by atoms with Crippen LogP contribution in [0.3, 0.4) is 0 Å². The number of carboxylic acids is 1. The molecule has 2 rings (SSSR count). The molecule has 0 atom stereocenters. The molecule has 98 valence electrons. The number of rotatable bonds is 4. The zero-order chi connectivity index (χ0) is 12.8. The SMILES string of the molecule is O=C(O)C[n+]1ccc(/C=C\c2ccccc2)cc1.[Cl-]. The monoisotopic (exact) mass is 275 g/mol. The molecule has 0 saturated heterocycles. The Bertz CT molecular complexity index is 550. The quantitative estimate of drug-likeness (QED) is 0.745. The van der Waals surface area contributed by atoms with Crippen molar-refractivity contribution in [1.82, 2.24) is 0 Å². The number of carbonyl (C=O) groups is 1. The first kappa shape index (κ1) is 14.9. The van der Waals surface area contributed by atoms with Crippen molar-refractivity contribution in [3.05, 3.63) is 66.0 Å². The normalized spacial score (nSPS) is 10.1. The Morgan fingerprint density at radius 3 is 2.05 bits per heavy atom. The number of benzene rings is 1. The fourth-order valence-electron chi connectivity index (χ4n) is 1.60. The Morgan fingerprint density at radius 2 is 1.53 bits per heavy atom. The number of hydrogen-bond donors (Lipinski definition) is 1. The van der Waals surface area contributed by atoms with Gasteiger partial charge in [-0.3, -0.25) is 0 Å². The first-order chi connectivity index (χ1) is 8.74. The highest BCUT2D eigenvalue weighted by molar-refractivity contribution is 5.69. The molecule has 0 radical (unpaired) electrons. The fraction of sp³-hybridized carbons (Fsp3) is 0.0667. The molecule has 4 heteroatoms. The summed E-state index contributed by atoms with van der Waals surface area (Å²) in [4.78, 5) is 10.5. The van der Waals surface area contributed by atoms with Gasteiger partial charge >= 0.3 is 5.97 Å². The fourth-order valence-corrected chi connectivity index (χ4v) is 1.60. The summed E-state index contributed by atoms with van der Waals surface area (Å²) in [5.41, 5.74) is 2.18. The lowest BCUT2D eigenvalue weighted by Crippen LogP contribution is -3.00. The van der Waals surface area contributed by atoms with Crippen molar-refractivity contribution in [2.24, 2.45) is 0 Å². The van der Waals surface area contributed by atoms with Crippen LogP contribution in [0.15, 0.2) is 54.9 Å². The summed E-state index contributed by atoms with van der Waals surface area (Å²) in [6.07, 6.45) is 7.55. The van der Waals surface area contributed by atoms with E-state index in [0.717, 1.165) is 11.1 Å². The van der Waals surface area contributed by atoms with Gasteiger partial charge in [-0.15, -0.1) is 0 Å². The summed E-state index contributed by atoms with van der Waals surface area (Å²) in [5, 5.41) is 8.65. The predicted octanol–water partition coefficient (Wildman–Crippen LogP) is -0.767. The highest BCUT2D eigenvalue weighted by Gasteiger charge is 2.05. The van der Waals surface area contributed by atoms with Gasteiger partial charge in [0.15, 0.2) is 12.4 Å². The van der Waals surface area contributed by atoms with Crippen LogP contribution in [0.5, 0.6) is 0 Å². The van der Waals surface area contributed by atoms with Crippen LogP contribution in [0.25, 0.3) is 12.2 Å². The first-order valence-corrected chi connectivity index (χ1v) is 5.68. The number of aromatic nitrogens is 1. The second kappa shape index (κ2) is 7.34. The van der Waals surface area contributed by atoms with E-state index in [1.54, 1.807) is 17.0 Å². The average Bonchev–Trinajstić information content (AvgIpc) is 2.38. The van der Waals surface area contributed by atoms with E-state index in [1.807, 2.05) is 54.6 Å². The molecule has 1 aromatic heterocycles. The van der Waals surface area contributed by atoms with Crippen LogP contribution >= 0.6 is 0 Å². The van der Waals surface area contributed by atoms with Crippen molar-refractivity contribution in [2.45, 2.75) is 6.54 Å². The maximum Gasteiger partial charge on any atom is 0.370 e. The maximum absolute atomic E-state index is 10.5. The molecule has 0 amide bonds. The Labute approximate surface area is 118 Å². The summed E-state index contributed by atoms with van der Waals surface area (Å²) in [6.45, 7) is -0.0112. The van der Waals surface area contributed by atoms with Crippen LogP contribution in [-0.4, -0.2) is 11.1 Å². The number of halogens is 1. The van der Waals surface area contributed by atoms with E-state index in [0.29, 0.717) is 0 Å². The summed E-state index contributed by atoms with van der Waals surface area (Å²) < 4.78 is 1.63. The lowest BCUT2D eigenvalue weighted by atomic mass is 10.1. The molecule has 19 heavy (non-hydrogen) atoms. The molecule has 0 aliphatic heterocycles. The number of aliphatic carboxylic acids is 1. The van der Waals surface area contributed by atoms with E-state index in [2.05, 4.69) is 0 Å². The largest absolute Gasteiger partial charge is 1.00 e. The summed E-state index contributed by atoms with van der Waals surface area (Å²) >= 11 is 0. The third-order valence-corrected chi connectivity index (χ3v) is 2.50. The van der Waals surface area contributed by atoms with Gasteiger partial charge in [0.25, 0.3) is 0 Å². The van der Waals surface area contributed by atoms with Crippen LogP contribution < -0.4 is 17.0 Å². The predicted molar refractivity (Wildman–Crippen MR) is 69.6 cm³/mol. The van der Waals surface area contributed by atoms with Crippen molar-refractivity contribution >= 4 is 18.1 Å². The van der Waals surface area contributed by atoms with Gasteiger partial charge in [0.05, 0.1) is 0 Å². The maximum atomic E-state index is 10.5. The molecule has 0 unspecified atom stereocenters.